The molecule has 3 aromatic carbocycles. The SMILES string of the molecule is Cc1cc(C)cc(C(=O)Nc2nc3ccc(NC(=O)CSc4ccc(Cl)cc4)cc3s2)c1. The van der Waals surface area contributed by atoms with Gasteiger partial charge in [-0.2, -0.15) is 0 Å². The summed E-state index contributed by atoms with van der Waals surface area (Å²) in [4.78, 5) is 30.4. The number of aromatic nitrogens is 1. The molecule has 2 amide bonds. The average Bonchev–Trinajstić information content (AvgIpc) is 3.14. The van der Waals surface area contributed by atoms with Crippen molar-refractivity contribution >= 4 is 67.5 Å². The van der Waals surface area contributed by atoms with E-state index in [1.165, 1.54) is 23.1 Å². The molecule has 0 atom stereocenters. The lowest BCUT2D eigenvalue weighted by Crippen LogP contribution is -2.13. The van der Waals surface area contributed by atoms with Crippen LogP contribution in [0.2, 0.25) is 5.02 Å². The summed E-state index contributed by atoms with van der Waals surface area (Å²) in [5.41, 5.74) is 4.13. The monoisotopic (exact) mass is 481 g/mol. The maximum Gasteiger partial charge on any atom is 0.257 e. The van der Waals surface area contributed by atoms with E-state index >= 15 is 0 Å². The highest BCUT2D eigenvalue weighted by Crippen LogP contribution is 2.29. The van der Waals surface area contributed by atoms with Crippen LogP contribution in [0, 0.1) is 13.8 Å². The Bertz CT molecular complexity index is 1280. The summed E-state index contributed by atoms with van der Waals surface area (Å²) in [6, 6.07) is 18.6. The number of fused-ring (bicyclic) bond motifs is 1. The molecule has 2 N–H and O–H groups in total. The van der Waals surface area contributed by atoms with Crippen LogP contribution in [0.15, 0.2) is 65.6 Å². The molecular formula is C24H20ClN3O2S2. The Morgan fingerprint density at radius 2 is 1.69 bits per heavy atom. The van der Waals surface area contributed by atoms with Crippen molar-refractivity contribution in [1.29, 1.82) is 0 Å². The molecule has 1 heterocycles. The third-order valence-corrected chi connectivity index (χ3v) is 6.76. The summed E-state index contributed by atoms with van der Waals surface area (Å²) < 4.78 is 0.879. The van der Waals surface area contributed by atoms with Crippen molar-refractivity contribution in [3.8, 4) is 0 Å². The second-order valence-electron chi connectivity index (χ2n) is 7.32. The first kappa shape index (κ1) is 22.3. The third kappa shape index (κ3) is 5.68. The molecule has 8 heteroatoms. The largest absolute Gasteiger partial charge is 0.325 e. The van der Waals surface area contributed by atoms with Gasteiger partial charge in [-0.25, -0.2) is 4.98 Å². The minimum Gasteiger partial charge on any atom is -0.325 e. The molecule has 0 bridgehead atoms. The van der Waals surface area contributed by atoms with Gasteiger partial charge < -0.3 is 5.32 Å². The molecule has 0 saturated carbocycles. The smallest absolute Gasteiger partial charge is 0.257 e. The molecule has 5 nitrogen and oxygen atoms in total. The van der Waals surface area contributed by atoms with Gasteiger partial charge in [0.05, 0.1) is 16.0 Å². The van der Waals surface area contributed by atoms with E-state index in [0.717, 1.165) is 26.2 Å². The number of carbonyl (C=O) groups is 2. The van der Waals surface area contributed by atoms with E-state index in [0.29, 0.717) is 27.2 Å². The maximum atomic E-state index is 12.6. The predicted molar refractivity (Wildman–Crippen MR) is 134 cm³/mol. The highest BCUT2D eigenvalue weighted by atomic mass is 35.5. The van der Waals surface area contributed by atoms with Gasteiger partial charge in [-0.05, 0) is 68.4 Å². The number of aryl methyl sites for hydroxylation is 2. The number of carbonyl (C=O) groups excluding carboxylic acids is 2. The lowest BCUT2D eigenvalue weighted by atomic mass is 10.1. The van der Waals surface area contributed by atoms with Crippen LogP contribution in [-0.4, -0.2) is 22.6 Å². The first-order valence-corrected chi connectivity index (χ1v) is 12.0. The van der Waals surface area contributed by atoms with Crippen molar-refractivity contribution < 1.29 is 9.59 Å². The van der Waals surface area contributed by atoms with E-state index in [2.05, 4.69) is 15.6 Å². The van der Waals surface area contributed by atoms with Crippen molar-refractivity contribution in [1.82, 2.24) is 4.98 Å². The van der Waals surface area contributed by atoms with E-state index in [4.69, 9.17) is 11.6 Å². The Morgan fingerprint density at radius 1 is 0.969 bits per heavy atom. The van der Waals surface area contributed by atoms with E-state index in [-0.39, 0.29) is 11.8 Å². The van der Waals surface area contributed by atoms with E-state index in [1.54, 1.807) is 12.1 Å². The minimum absolute atomic E-state index is 0.0999. The zero-order chi connectivity index (χ0) is 22.7. The number of thioether (sulfide) groups is 1. The van der Waals surface area contributed by atoms with E-state index in [1.807, 2.05) is 62.4 Å². The van der Waals surface area contributed by atoms with E-state index < -0.39 is 0 Å². The number of halogens is 1. The summed E-state index contributed by atoms with van der Waals surface area (Å²) >= 11 is 8.70. The molecule has 162 valence electrons. The molecule has 4 rings (SSSR count). The molecular weight excluding hydrogens is 462 g/mol. The van der Waals surface area contributed by atoms with Gasteiger partial charge in [-0.3, -0.25) is 14.9 Å². The quantitative estimate of drug-likeness (QED) is 0.306. The molecule has 32 heavy (non-hydrogen) atoms. The number of hydrogen-bond acceptors (Lipinski definition) is 5. The topological polar surface area (TPSA) is 71.1 Å². The summed E-state index contributed by atoms with van der Waals surface area (Å²) in [5.74, 6) is 0.000289. The van der Waals surface area contributed by atoms with Gasteiger partial charge in [0.15, 0.2) is 5.13 Å². The molecule has 1 aromatic heterocycles. The lowest BCUT2D eigenvalue weighted by Gasteiger charge is -2.05. The molecule has 0 radical (unpaired) electrons. The van der Waals surface area contributed by atoms with Crippen LogP contribution < -0.4 is 10.6 Å². The zero-order valence-electron chi connectivity index (χ0n) is 17.4. The Kier molecular flexibility index (Phi) is 6.79. The average molecular weight is 482 g/mol. The second kappa shape index (κ2) is 9.73. The molecule has 4 aromatic rings. The molecule has 0 saturated heterocycles. The standard InChI is InChI=1S/C24H20ClN3O2S2/c1-14-9-15(2)11-16(10-14)23(30)28-24-27-20-8-5-18(12-21(20)32-24)26-22(29)13-31-19-6-3-17(25)4-7-19/h3-12H,13H2,1-2H3,(H,26,29)(H,27,28,30). The highest BCUT2D eigenvalue weighted by Gasteiger charge is 2.12. The second-order valence-corrected chi connectivity index (χ2v) is 9.84. The summed E-state index contributed by atoms with van der Waals surface area (Å²) in [6.07, 6.45) is 0. The Hall–Kier alpha value is -2.87. The van der Waals surface area contributed by atoms with Crippen LogP contribution in [-0.2, 0) is 4.79 Å². The zero-order valence-corrected chi connectivity index (χ0v) is 19.8. The summed E-state index contributed by atoms with van der Waals surface area (Å²) in [7, 11) is 0. The first-order valence-electron chi connectivity index (χ1n) is 9.84. The van der Waals surface area contributed by atoms with Crippen molar-refractivity contribution in [3.63, 3.8) is 0 Å². The number of thiazole rings is 1. The molecule has 0 aliphatic carbocycles. The molecule has 0 unspecified atom stereocenters. The van der Waals surface area contributed by atoms with Crippen molar-refractivity contribution in [3.05, 3.63) is 82.4 Å². The van der Waals surface area contributed by atoms with Crippen LogP contribution in [0.3, 0.4) is 0 Å². The summed E-state index contributed by atoms with van der Waals surface area (Å²) in [6.45, 7) is 3.93. The van der Waals surface area contributed by atoms with Gasteiger partial charge in [0, 0.05) is 21.2 Å². The maximum absolute atomic E-state index is 12.6. The fraction of sp³-hybridized carbons (Fsp3) is 0.125. The van der Waals surface area contributed by atoms with Gasteiger partial charge in [0.2, 0.25) is 5.91 Å². The number of amides is 2. The summed E-state index contributed by atoms with van der Waals surface area (Å²) in [5, 5.41) is 6.97. The van der Waals surface area contributed by atoms with Crippen LogP contribution in [0.4, 0.5) is 10.8 Å². The van der Waals surface area contributed by atoms with Crippen molar-refractivity contribution in [2.45, 2.75) is 18.7 Å². The number of anilines is 2. The molecule has 0 fully saturated rings. The third-order valence-electron chi connectivity index (χ3n) is 4.56. The molecule has 0 spiro atoms. The number of rotatable bonds is 6. The molecule has 0 aliphatic heterocycles. The first-order chi connectivity index (χ1) is 15.4. The van der Waals surface area contributed by atoms with Gasteiger partial charge in [0.1, 0.15) is 0 Å². The van der Waals surface area contributed by atoms with Crippen LogP contribution >= 0.6 is 34.7 Å². The van der Waals surface area contributed by atoms with Gasteiger partial charge >= 0.3 is 0 Å². The number of benzene rings is 3. The Labute approximate surface area is 199 Å². The number of nitrogens with one attached hydrogen (secondary N) is 2. The van der Waals surface area contributed by atoms with Gasteiger partial charge in [0.25, 0.3) is 5.91 Å². The van der Waals surface area contributed by atoms with Crippen LogP contribution in [0.5, 0.6) is 0 Å². The number of nitrogens with zero attached hydrogens (tertiary/aromatic N) is 1. The van der Waals surface area contributed by atoms with Crippen molar-refractivity contribution in [2.24, 2.45) is 0 Å². The van der Waals surface area contributed by atoms with Crippen molar-refractivity contribution in [2.75, 3.05) is 16.4 Å². The Morgan fingerprint density at radius 3 is 2.41 bits per heavy atom. The Balaban J connectivity index is 1.40. The number of hydrogen-bond donors (Lipinski definition) is 2. The van der Waals surface area contributed by atoms with Crippen LogP contribution in [0.25, 0.3) is 10.2 Å². The van der Waals surface area contributed by atoms with Gasteiger partial charge in [-0.15, -0.1) is 11.8 Å². The fourth-order valence-corrected chi connectivity index (χ4v) is 4.93. The normalized spacial score (nSPS) is 10.8. The predicted octanol–water partition coefficient (Wildman–Crippen LogP) is 6.55. The highest BCUT2D eigenvalue weighted by molar-refractivity contribution is 8.00. The minimum atomic E-state index is -0.191. The molecule has 0 aliphatic rings. The van der Waals surface area contributed by atoms with Crippen LogP contribution in [0.1, 0.15) is 21.5 Å². The van der Waals surface area contributed by atoms with Gasteiger partial charge in [-0.1, -0.05) is 40.1 Å². The fourth-order valence-electron chi connectivity index (χ4n) is 3.21. The van der Waals surface area contributed by atoms with E-state index in [9.17, 15) is 9.59 Å². The lowest BCUT2D eigenvalue weighted by molar-refractivity contribution is -0.113.